The quantitative estimate of drug-likeness (QED) is 0.910. The number of methoxy groups -OCH3 is 1. The van der Waals surface area contributed by atoms with Crippen LogP contribution in [0.4, 0.5) is 5.82 Å². The van der Waals surface area contributed by atoms with Crippen LogP contribution in [0.5, 0.6) is 5.75 Å². The number of carbonyl (C=O) groups excluding carboxylic acids is 1. The van der Waals surface area contributed by atoms with Crippen LogP contribution in [0.15, 0.2) is 34.8 Å². The van der Waals surface area contributed by atoms with Gasteiger partial charge in [0.15, 0.2) is 0 Å². The number of aromatic nitrogens is 2. The molecule has 0 bridgehead atoms. The number of hydrogen-bond acceptors (Lipinski definition) is 5. The molecule has 2 aromatic rings. The molecule has 0 aliphatic carbocycles. The number of ether oxygens (including phenoxy) is 1. The van der Waals surface area contributed by atoms with Crippen LogP contribution in [0.2, 0.25) is 0 Å². The monoisotopic (exact) mass is 335 g/mol. The lowest BCUT2D eigenvalue weighted by Gasteiger charge is -2.06. The van der Waals surface area contributed by atoms with Gasteiger partial charge in [-0.2, -0.15) is 0 Å². The van der Waals surface area contributed by atoms with Crippen molar-refractivity contribution in [2.75, 3.05) is 19.0 Å². The summed E-state index contributed by atoms with van der Waals surface area (Å²) < 4.78 is 6.04. The molecule has 20 heavy (non-hydrogen) atoms. The predicted octanol–water partition coefficient (Wildman–Crippen LogP) is 2.92. The Balaban J connectivity index is 2.17. The van der Waals surface area contributed by atoms with Crippen LogP contribution in [-0.4, -0.2) is 29.6 Å². The summed E-state index contributed by atoms with van der Waals surface area (Å²) in [7, 11) is 1.62. The second-order valence-electron chi connectivity index (χ2n) is 4.21. The lowest BCUT2D eigenvalue weighted by atomic mass is 10.1. The summed E-state index contributed by atoms with van der Waals surface area (Å²) in [4.78, 5) is 10.9. The Morgan fingerprint density at radius 2 is 2.10 bits per heavy atom. The first-order valence-corrected chi connectivity index (χ1v) is 6.80. The summed E-state index contributed by atoms with van der Waals surface area (Å²) in [5.74, 6) is 1.40. The van der Waals surface area contributed by atoms with Gasteiger partial charge in [-0.15, -0.1) is 10.2 Å². The number of nitrogens with zero attached hydrogens (tertiary/aromatic N) is 2. The number of Topliss-reactive ketones (excluding diaryl/α,β-unsaturated/α-hetero) is 1. The second kappa shape index (κ2) is 6.47. The predicted molar refractivity (Wildman–Crippen MR) is 80.9 cm³/mol. The van der Waals surface area contributed by atoms with Gasteiger partial charge in [0.05, 0.1) is 23.8 Å². The van der Waals surface area contributed by atoms with Crippen molar-refractivity contribution in [1.82, 2.24) is 10.2 Å². The van der Waals surface area contributed by atoms with Gasteiger partial charge in [-0.3, -0.25) is 4.79 Å². The summed E-state index contributed by atoms with van der Waals surface area (Å²) in [5, 5.41) is 11.1. The molecule has 0 spiro atoms. The van der Waals surface area contributed by atoms with Crippen molar-refractivity contribution in [2.45, 2.75) is 6.92 Å². The highest BCUT2D eigenvalue weighted by atomic mass is 79.9. The standard InChI is InChI=1S/C14H14BrN3O2/c1-9(19)8-16-14-6-4-12(17-18-14)10-3-5-13(20-2)11(15)7-10/h3-7H,8H2,1-2H3,(H,16,18). The van der Waals surface area contributed by atoms with Gasteiger partial charge in [-0.25, -0.2) is 0 Å². The molecular formula is C14H14BrN3O2. The first kappa shape index (κ1) is 14.5. The topological polar surface area (TPSA) is 64.1 Å². The average molecular weight is 336 g/mol. The van der Waals surface area contributed by atoms with E-state index in [9.17, 15) is 4.79 Å². The molecule has 0 saturated carbocycles. The SMILES string of the molecule is COc1ccc(-c2ccc(NCC(C)=O)nn2)cc1Br. The fourth-order valence-corrected chi connectivity index (χ4v) is 2.16. The lowest BCUT2D eigenvalue weighted by molar-refractivity contribution is -0.115. The van der Waals surface area contributed by atoms with Crippen molar-refractivity contribution >= 4 is 27.5 Å². The highest BCUT2D eigenvalue weighted by Crippen LogP contribution is 2.29. The van der Waals surface area contributed by atoms with E-state index in [1.807, 2.05) is 24.3 Å². The van der Waals surface area contributed by atoms with Crippen LogP contribution in [0.25, 0.3) is 11.3 Å². The van der Waals surface area contributed by atoms with E-state index in [-0.39, 0.29) is 12.3 Å². The summed E-state index contributed by atoms with van der Waals surface area (Å²) in [6, 6.07) is 9.35. The second-order valence-corrected chi connectivity index (χ2v) is 5.06. The van der Waals surface area contributed by atoms with Gasteiger partial charge < -0.3 is 10.1 Å². The minimum atomic E-state index is 0.0509. The molecule has 0 amide bonds. The van der Waals surface area contributed by atoms with E-state index in [1.165, 1.54) is 6.92 Å². The van der Waals surface area contributed by atoms with Gasteiger partial charge in [0, 0.05) is 5.56 Å². The third-order valence-electron chi connectivity index (χ3n) is 2.63. The third kappa shape index (κ3) is 3.54. The summed E-state index contributed by atoms with van der Waals surface area (Å²) >= 11 is 3.44. The van der Waals surface area contributed by atoms with E-state index in [2.05, 4.69) is 31.4 Å². The van der Waals surface area contributed by atoms with Crippen molar-refractivity contribution in [1.29, 1.82) is 0 Å². The van der Waals surface area contributed by atoms with E-state index in [0.717, 1.165) is 21.5 Å². The smallest absolute Gasteiger partial charge is 0.149 e. The van der Waals surface area contributed by atoms with E-state index >= 15 is 0 Å². The molecule has 1 aromatic carbocycles. The van der Waals surface area contributed by atoms with E-state index in [1.54, 1.807) is 13.2 Å². The lowest BCUT2D eigenvalue weighted by Crippen LogP contribution is -2.11. The van der Waals surface area contributed by atoms with Crippen molar-refractivity contribution in [2.24, 2.45) is 0 Å². The minimum Gasteiger partial charge on any atom is -0.496 e. The van der Waals surface area contributed by atoms with Gasteiger partial charge in [0.25, 0.3) is 0 Å². The molecule has 0 atom stereocenters. The molecule has 0 saturated heterocycles. The summed E-state index contributed by atoms with van der Waals surface area (Å²) in [6.45, 7) is 1.77. The summed E-state index contributed by atoms with van der Waals surface area (Å²) in [5.41, 5.74) is 1.69. The number of carbonyl (C=O) groups is 1. The Morgan fingerprint density at radius 3 is 2.65 bits per heavy atom. The average Bonchev–Trinajstić information content (AvgIpc) is 2.45. The number of halogens is 1. The number of ketones is 1. The fourth-order valence-electron chi connectivity index (χ4n) is 1.62. The van der Waals surface area contributed by atoms with Gasteiger partial charge >= 0.3 is 0 Å². The molecule has 0 radical (unpaired) electrons. The Kier molecular flexibility index (Phi) is 4.68. The zero-order valence-electron chi connectivity index (χ0n) is 11.2. The fraction of sp³-hybridized carbons (Fsp3) is 0.214. The molecular weight excluding hydrogens is 322 g/mol. The Bertz CT molecular complexity index is 614. The highest BCUT2D eigenvalue weighted by molar-refractivity contribution is 9.10. The Hall–Kier alpha value is -1.95. The van der Waals surface area contributed by atoms with Gasteiger partial charge in [0.2, 0.25) is 0 Å². The van der Waals surface area contributed by atoms with Crippen LogP contribution in [0.1, 0.15) is 6.92 Å². The number of nitrogens with one attached hydrogen (secondary N) is 1. The maximum atomic E-state index is 10.9. The van der Waals surface area contributed by atoms with Crippen molar-refractivity contribution < 1.29 is 9.53 Å². The van der Waals surface area contributed by atoms with Crippen LogP contribution >= 0.6 is 15.9 Å². The number of benzene rings is 1. The molecule has 1 aromatic heterocycles. The van der Waals surface area contributed by atoms with Gasteiger partial charge in [0.1, 0.15) is 17.4 Å². The van der Waals surface area contributed by atoms with Gasteiger partial charge in [-0.1, -0.05) is 0 Å². The normalized spacial score (nSPS) is 10.2. The Morgan fingerprint density at radius 1 is 1.30 bits per heavy atom. The van der Waals surface area contributed by atoms with E-state index in [4.69, 9.17) is 4.74 Å². The van der Waals surface area contributed by atoms with Crippen LogP contribution in [0, 0.1) is 0 Å². The van der Waals surface area contributed by atoms with Crippen molar-refractivity contribution in [3.05, 3.63) is 34.8 Å². The molecule has 2 rings (SSSR count). The molecule has 5 nitrogen and oxygen atoms in total. The van der Waals surface area contributed by atoms with Gasteiger partial charge in [-0.05, 0) is 53.2 Å². The maximum absolute atomic E-state index is 10.9. The van der Waals surface area contributed by atoms with Crippen LogP contribution < -0.4 is 10.1 Å². The molecule has 6 heteroatoms. The summed E-state index contributed by atoms with van der Waals surface area (Å²) in [6.07, 6.45) is 0. The Labute approximate surface area is 125 Å². The molecule has 0 aliphatic rings. The molecule has 104 valence electrons. The van der Waals surface area contributed by atoms with E-state index < -0.39 is 0 Å². The first-order valence-electron chi connectivity index (χ1n) is 6.01. The number of anilines is 1. The zero-order valence-corrected chi connectivity index (χ0v) is 12.8. The van der Waals surface area contributed by atoms with Crippen LogP contribution in [0.3, 0.4) is 0 Å². The molecule has 1 heterocycles. The third-order valence-corrected chi connectivity index (χ3v) is 3.25. The molecule has 0 fully saturated rings. The maximum Gasteiger partial charge on any atom is 0.149 e. The molecule has 0 aliphatic heterocycles. The number of rotatable bonds is 5. The first-order chi connectivity index (χ1) is 9.60. The molecule has 1 N–H and O–H groups in total. The van der Waals surface area contributed by atoms with Crippen LogP contribution in [-0.2, 0) is 4.79 Å². The van der Waals surface area contributed by atoms with Crippen molar-refractivity contribution in [3.8, 4) is 17.0 Å². The zero-order chi connectivity index (χ0) is 14.5. The van der Waals surface area contributed by atoms with E-state index in [0.29, 0.717) is 5.82 Å². The minimum absolute atomic E-state index is 0.0509. The largest absolute Gasteiger partial charge is 0.496 e. The molecule has 0 unspecified atom stereocenters. The van der Waals surface area contributed by atoms with Crippen molar-refractivity contribution in [3.63, 3.8) is 0 Å². The highest BCUT2D eigenvalue weighted by Gasteiger charge is 2.05. The number of hydrogen-bond donors (Lipinski definition) is 1.